The smallest absolute Gasteiger partial charge is 0.151 e. The molecular weight excluding hydrogens is 246 g/mol. The molecule has 0 aliphatic carbocycles. The van der Waals surface area contributed by atoms with Gasteiger partial charge in [0.05, 0.1) is 5.69 Å². The summed E-state index contributed by atoms with van der Waals surface area (Å²) in [4.78, 5) is 10.7. The molecule has 1 aromatic heterocycles. The second kappa shape index (κ2) is 8.30. The first-order chi connectivity index (χ1) is 8.74. The number of piperidine rings is 1. The van der Waals surface area contributed by atoms with Gasteiger partial charge in [-0.3, -0.25) is 0 Å². The number of anilines is 1. The van der Waals surface area contributed by atoms with Gasteiger partial charge >= 0.3 is 0 Å². The minimum atomic E-state index is 0.738. The molecule has 0 spiro atoms. The van der Waals surface area contributed by atoms with Gasteiger partial charge < -0.3 is 4.90 Å². The highest BCUT2D eigenvalue weighted by Gasteiger charge is 2.16. The Morgan fingerprint density at radius 3 is 2.28 bits per heavy atom. The molecule has 0 aromatic carbocycles. The van der Waals surface area contributed by atoms with Crippen LogP contribution in [0.5, 0.6) is 0 Å². The molecular formula is C14H24ClN3. The lowest BCUT2D eigenvalue weighted by molar-refractivity contribution is 0.572. The molecule has 2 heterocycles. The van der Waals surface area contributed by atoms with Crippen molar-refractivity contribution in [1.82, 2.24) is 9.97 Å². The molecule has 1 aliphatic rings. The summed E-state index contributed by atoms with van der Waals surface area (Å²) in [5.41, 5.74) is 0.951. The number of hydrogen-bond donors (Lipinski definition) is 0. The Labute approximate surface area is 116 Å². The molecule has 0 saturated carbocycles. The van der Waals surface area contributed by atoms with Crippen LogP contribution in [0.15, 0.2) is 6.33 Å². The fraction of sp³-hybridized carbons (Fsp3) is 0.714. The van der Waals surface area contributed by atoms with E-state index in [1.165, 1.54) is 25.7 Å². The maximum atomic E-state index is 6.28. The van der Waals surface area contributed by atoms with Gasteiger partial charge in [0.25, 0.3) is 0 Å². The van der Waals surface area contributed by atoms with Crippen molar-refractivity contribution >= 4 is 17.4 Å². The van der Waals surface area contributed by atoms with Gasteiger partial charge in [0.2, 0.25) is 0 Å². The van der Waals surface area contributed by atoms with E-state index in [0.717, 1.165) is 36.0 Å². The van der Waals surface area contributed by atoms with Crippen LogP contribution in [0.25, 0.3) is 0 Å². The van der Waals surface area contributed by atoms with Gasteiger partial charge in [0, 0.05) is 13.1 Å². The molecule has 4 heteroatoms. The predicted octanol–water partition coefficient (Wildman–Crippen LogP) is 4.10. The zero-order valence-corrected chi connectivity index (χ0v) is 12.5. The predicted molar refractivity (Wildman–Crippen MR) is 78.4 cm³/mol. The lowest BCUT2D eigenvalue weighted by Gasteiger charge is -2.28. The summed E-state index contributed by atoms with van der Waals surface area (Å²) in [6, 6.07) is 0. The average Bonchev–Trinajstić information content (AvgIpc) is 2.41. The van der Waals surface area contributed by atoms with Crippen LogP contribution in [0.1, 0.15) is 52.1 Å². The van der Waals surface area contributed by atoms with Crippen LogP contribution < -0.4 is 4.90 Å². The molecule has 3 nitrogen and oxygen atoms in total. The summed E-state index contributed by atoms with van der Waals surface area (Å²) in [6.07, 6.45) is 7.53. The van der Waals surface area contributed by atoms with E-state index in [1.807, 2.05) is 0 Å². The number of halogens is 1. The number of hydrogen-bond acceptors (Lipinski definition) is 3. The van der Waals surface area contributed by atoms with Crippen LogP contribution >= 0.6 is 11.6 Å². The third-order valence-electron chi connectivity index (χ3n) is 2.83. The summed E-state index contributed by atoms with van der Waals surface area (Å²) in [5, 5.41) is 0.738. The van der Waals surface area contributed by atoms with E-state index < -0.39 is 0 Å². The van der Waals surface area contributed by atoms with Crippen molar-refractivity contribution in [3.63, 3.8) is 0 Å². The zero-order valence-electron chi connectivity index (χ0n) is 11.7. The molecule has 18 heavy (non-hydrogen) atoms. The van der Waals surface area contributed by atoms with E-state index in [-0.39, 0.29) is 0 Å². The van der Waals surface area contributed by atoms with E-state index in [2.05, 4.69) is 35.6 Å². The molecule has 1 aliphatic heterocycles. The Morgan fingerprint density at radius 1 is 1.11 bits per heavy atom. The van der Waals surface area contributed by atoms with Crippen molar-refractivity contribution in [3.8, 4) is 0 Å². The van der Waals surface area contributed by atoms with Gasteiger partial charge in [-0.15, -0.1) is 0 Å². The number of nitrogens with zero attached hydrogens (tertiary/aromatic N) is 3. The third-order valence-corrected chi connectivity index (χ3v) is 3.22. The highest BCUT2D eigenvalue weighted by molar-refractivity contribution is 6.33. The molecule has 0 unspecified atom stereocenters. The van der Waals surface area contributed by atoms with Crippen LogP contribution in [0, 0.1) is 0 Å². The Kier molecular flexibility index (Phi) is 7.02. The van der Waals surface area contributed by atoms with E-state index in [4.69, 9.17) is 11.6 Å². The molecule has 2 rings (SSSR count). The van der Waals surface area contributed by atoms with Crippen molar-refractivity contribution in [2.75, 3.05) is 18.0 Å². The minimum Gasteiger partial charge on any atom is -0.355 e. The first-order valence-electron chi connectivity index (χ1n) is 6.98. The van der Waals surface area contributed by atoms with Crippen molar-refractivity contribution < 1.29 is 0 Å². The molecule has 0 radical (unpaired) electrons. The van der Waals surface area contributed by atoms with Gasteiger partial charge in [-0.1, -0.05) is 38.8 Å². The highest BCUT2D eigenvalue weighted by Crippen LogP contribution is 2.27. The van der Waals surface area contributed by atoms with E-state index in [0.29, 0.717) is 0 Å². The van der Waals surface area contributed by atoms with Crippen molar-refractivity contribution in [2.45, 2.75) is 52.9 Å². The fourth-order valence-corrected chi connectivity index (χ4v) is 2.32. The van der Waals surface area contributed by atoms with Crippen molar-refractivity contribution in [3.05, 3.63) is 17.0 Å². The van der Waals surface area contributed by atoms with E-state index in [1.54, 1.807) is 6.33 Å². The standard InChI is InChI=1S/C11H16ClN3.C3H8/c1-2-9-10(12)11(14-8-13-9)15-6-4-3-5-7-15;1-3-2/h8H,2-7H2,1H3;3H2,1-2H3. The highest BCUT2D eigenvalue weighted by atomic mass is 35.5. The van der Waals surface area contributed by atoms with Crippen molar-refractivity contribution in [1.29, 1.82) is 0 Å². The molecule has 1 aromatic rings. The van der Waals surface area contributed by atoms with Crippen LogP contribution in [0.3, 0.4) is 0 Å². The number of rotatable bonds is 2. The third kappa shape index (κ3) is 4.13. The van der Waals surface area contributed by atoms with Crippen LogP contribution in [0.2, 0.25) is 5.02 Å². The van der Waals surface area contributed by atoms with Gasteiger partial charge in [-0.25, -0.2) is 9.97 Å². The maximum absolute atomic E-state index is 6.28. The summed E-state index contributed by atoms with van der Waals surface area (Å²) in [5.74, 6) is 0.920. The maximum Gasteiger partial charge on any atom is 0.151 e. The van der Waals surface area contributed by atoms with Gasteiger partial charge in [0.15, 0.2) is 5.82 Å². The zero-order chi connectivity index (χ0) is 13.4. The average molecular weight is 270 g/mol. The largest absolute Gasteiger partial charge is 0.355 e. The second-order valence-corrected chi connectivity index (χ2v) is 4.94. The summed E-state index contributed by atoms with van der Waals surface area (Å²) < 4.78 is 0. The monoisotopic (exact) mass is 269 g/mol. The Bertz CT molecular complexity index is 349. The second-order valence-electron chi connectivity index (χ2n) is 4.57. The summed E-state index contributed by atoms with van der Waals surface area (Å²) in [7, 11) is 0. The Morgan fingerprint density at radius 2 is 1.72 bits per heavy atom. The molecule has 0 atom stereocenters. The van der Waals surface area contributed by atoms with Crippen LogP contribution in [-0.4, -0.2) is 23.1 Å². The molecule has 0 amide bonds. The molecule has 0 bridgehead atoms. The normalized spacial score (nSPS) is 15.0. The fourth-order valence-electron chi connectivity index (χ4n) is 1.97. The van der Waals surface area contributed by atoms with Crippen molar-refractivity contribution in [2.24, 2.45) is 0 Å². The summed E-state index contributed by atoms with van der Waals surface area (Å²) in [6.45, 7) is 8.45. The molecule has 1 fully saturated rings. The van der Waals surface area contributed by atoms with Gasteiger partial charge in [-0.2, -0.15) is 0 Å². The Hall–Kier alpha value is -0.830. The lowest BCUT2D eigenvalue weighted by Crippen LogP contribution is -2.30. The quantitative estimate of drug-likeness (QED) is 0.809. The van der Waals surface area contributed by atoms with Crippen LogP contribution in [0.4, 0.5) is 5.82 Å². The van der Waals surface area contributed by atoms with Crippen LogP contribution in [-0.2, 0) is 6.42 Å². The molecule has 102 valence electrons. The molecule has 0 N–H and O–H groups in total. The topological polar surface area (TPSA) is 29.0 Å². The lowest BCUT2D eigenvalue weighted by atomic mass is 10.1. The SMILES string of the molecule is CCC.CCc1ncnc(N2CCCCC2)c1Cl. The first kappa shape index (κ1) is 15.2. The minimum absolute atomic E-state index is 0.738. The van der Waals surface area contributed by atoms with E-state index in [9.17, 15) is 0 Å². The van der Waals surface area contributed by atoms with Gasteiger partial charge in [0.1, 0.15) is 11.3 Å². The molecule has 1 saturated heterocycles. The first-order valence-corrected chi connectivity index (χ1v) is 7.36. The Balaban J connectivity index is 0.000000492. The summed E-state index contributed by atoms with van der Waals surface area (Å²) >= 11 is 6.28. The number of aryl methyl sites for hydroxylation is 1. The number of aromatic nitrogens is 2. The van der Waals surface area contributed by atoms with Gasteiger partial charge in [-0.05, 0) is 25.7 Å². The van der Waals surface area contributed by atoms with E-state index >= 15 is 0 Å².